The van der Waals surface area contributed by atoms with Crippen molar-refractivity contribution in [2.75, 3.05) is 36.1 Å². The van der Waals surface area contributed by atoms with Crippen LogP contribution in [0, 0.1) is 0 Å². The molecular weight excluding hydrogens is 664 g/mol. The topological polar surface area (TPSA) is 199 Å². The van der Waals surface area contributed by atoms with Crippen LogP contribution < -0.4 is 9.80 Å². The van der Waals surface area contributed by atoms with Crippen molar-refractivity contribution in [3.63, 3.8) is 0 Å². The van der Waals surface area contributed by atoms with E-state index in [1.807, 2.05) is 0 Å². The maximum absolute atomic E-state index is 13.6. The first-order valence-corrected chi connectivity index (χ1v) is 18.9. The number of fused-ring (bicyclic) bond motifs is 1. The summed E-state index contributed by atoms with van der Waals surface area (Å²) in [6.45, 7) is 4.30. The average Bonchev–Trinajstić information content (AvgIpc) is 3.20. The van der Waals surface area contributed by atoms with Crippen LogP contribution >= 0.6 is 0 Å². The molecule has 51 heavy (non-hydrogen) atoms. The van der Waals surface area contributed by atoms with Gasteiger partial charge in [-0.3, -0.25) is 9.59 Å². The van der Waals surface area contributed by atoms with Crippen molar-refractivity contribution in [2.24, 2.45) is 0 Å². The van der Waals surface area contributed by atoms with E-state index in [0.29, 0.717) is 11.4 Å². The molecule has 2 fully saturated rings. The van der Waals surface area contributed by atoms with Gasteiger partial charge in [0, 0.05) is 13.2 Å². The number of para-hydroxylation sites is 2. The molecule has 1 aromatic carbocycles. The van der Waals surface area contributed by atoms with E-state index in [9.17, 15) is 40.2 Å². The van der Waals surface area contributed by atoms with Gasteiger partial charge in [-0.15, -0.1) is 0 Å². The highest BCUT2D eigenvalue weighted by atomic mass is 16.7. The number of carbonyl (C=O) groups excluding carboxylic acids is 2. The van der Waals surface area contributed by atoms with Gasteiger partial charge in [0.25, 0.3) is 0 Å². The molecular formula is C37H60N2O12. The first kappa shape index (κ1) is 41.5. The molecule has 0 saturated carbocycles. The maximum Gasteiger partial charge on any atom is 0.236 e. The number of carbonyl (C=O) groups is 2. The lowest BCUT2D eigenvalue weighted by Crippen LogP contribution is -2.61. The van der Waals surface area contributed by atoms with Crippen LogP contribution in [-0.4, -0.2) is 130 Å². The maximum atomic E-state index is 13.6. The minimum Gasteiger partial charge on any atom is -0.388 e. The zero-order chi connectivity index (χ0) is 36.9. The molecule has 0 bridgehead atoms. The van der Waals surface area contributed by atoms with Gasteiger partial charge in [-0.05, 0) is 25.0 Å². The van der Waals surface area contributed by atoms with E-state index in [-0.39, 0.29) is 26.3 Å². The van der Waals surface area contributed by atoms with Crippen molar-refractivity contribution in [2.45, 2.75) is 159 Å². The average molecular weight is 725 g/mol. The number of hydrogen-bond acceptors (Lipinski definition) is 12. The second-order valence-electron chi connectivity index (χ2n) is 14.0. The quantitative estimate of drug-likeness (QED) is 0.0848. The van der Waals surface area contributed by atoms with Gasteiger partial charge in [-0.2, -0.15) is 0 Å². The van der Waals surface area contributed by atoms with Gasteiger partial charge >= 0.3 is 0 Å². The Hall–Kier alpha value is -2.24. The number of ether oxygens (including phenoxy) is 4. The van der Waals surface area contributed by atoms with E-state index in [0.717, 1.165) is 77.0 Å². The molecule has 0 spiro atoms. The van der Waals surface area contributed by atoms with E-state index >= 15 is 0 Å². The molecule has 3 aliphatic rings. The molecule has 0 aromatic heterocycles. The van der Waals surface area contributed by atoms with Crippen LogP contribution in [0.2, 0.25) is 0 Å². The van der Waals surface area contributed by atoms with Crippen LogP contribution in [0.15, 0.2) is 24.3 Å². The Kier molecular flexibility index (Phi) is 17.0. The SMILES string of the molecule is CCCCCCCCO[C@H]1[C@H](O)[C@@H](CN2C(=O)CC(=O)N(C[C@H]3OC(O)[C@H](O)[C@@H](OCCCCCCCC)[C@@H]3O)c3ccccc32)OC(O)[C@@H]1O. The lowest BCUT2D eigenvalue weighted by molar-refractivity contribution is -0.287. The summed E-state index contributed by atoms with van der Waals surface area (Å²) < 4.78 is 22.8. The highest BCUT2D eigenvalue weighted by Crippen LogP contribution is 2.36. The van der Waals surface area contributed by atoms with E-state index in [2.05, 4.69) is 13.8 Å². The van der Waals surface area contributed by atoms with Gasteiger partial charge in [-0.25, -0.2) is 0 Å². The molecule has 14 heteroatoms. The summed E-state index contributed by atoms with van der Waals surface area (Å²) in [5, 5.41) is 64.7. The highest BCUT2D eigenvalue weighted by Gasteiger charge is 2.48. The van der Waals surface area contributed by atoms with Crippen molar-refractivity contribution < 1.29 is 59.2 Å². The molecule has 0 radical (unpaired) electrons. The molecule has 2 amide bonds. The van der Waals surface area contributed by atoms with Crippen molar-refractivity contribution in [1.29, 1.82) is 0 Å². The second kappa shape index (κ2) is 20.9. The van der Waals surface area contributed by atoms with Gasteiger partial charge in [0.05, 0.1) is 24.5 Å². The monoisotopic (exact) mass is 724 g/mol. The molecule has 290 valence electrons. The van der Waals surface area contributed by atoms with E-state index < -0.39 is 79.6 Å². The fourth-order valence-corrected chi connectivity index (χ4v) is 7.00. The minimum absolute atomic E-state index is 0.263. The normalized spacial score (nSPS) is 31.5. The van der Waals surface area contributed by atoms with Gasteiger partial charge in [0.2, 0.25) is 11.8 Å². The minimum atomic E-state index is -1.67. The summed E-state index contributed by atoms with van der Waals surface area (Å²) in [5.74, 6) is -1.20. The molecule has 3 heterocycles. The second-order valence-corrected chi connectivity index (χ2v) is 14.0. The number of rotatable bonds is 20. The predicted molar refractivity (Wildman–Crippen MR) is 188 cm³/mol. The molecule has 6 N–H and O–H groups in total. The Morgan fingerprint density at radius 2 is 0.961 bits per heavy atom. The molecule has 2 saturated heterocycles. The van der Waals surface area contributed by atoms with Crippen LogP contribution in [0.1, 0.15) is 97.3 Å². The van der Waals surface area contributed by atoms with Gasteiger partial charge in [-0.1, -0.05) is 90.2 Å². The van der Waals surface area contributed by atoms with E-state index in [1.54, 1.807) is 24.3 Å². The molecule has 0 aliphatic carbocycles. The van der Waals surface area contributed by atoms with Crippen LogP contribution in [0.25, 0.3) is 0 Å². The number of benzene rings is 1. The number of hydrogen-bond donors (Lipinski definition) is 6. The van der Waals surface area contributed by atoms with Gasteiger partial charge in [0.15, 0.2) is 12.6 Å². The van der Waals surface area contributed by atoms with Gasteiger partial charge in [0.1, 0.15) is 55.3 Å². The van der Waals surface area contributed by atoms with Crippen LogP contribution in [0.4, 0.5) is 11.4 Å². The zero-order valence-electron chi connectivity index (χ0n) is 30.1. The van der Waals surface area contributed by atoms with Crippen molar-refractivity contribution in [1.82, 2.24) is 0 Å². The van der Waals surface area contributed by atoms with Crippen molar-refractivity contribution >= 4 is 23.2 Å². The Balaban J connectivity index is 1.44. The number of aliphatic hydroxyl groups is 6. The smallest absolute Gasteiger partial charge is 0.236 e. The molecule has 3 aliphatic heterocycles. The zero-order valence-corrected chi connectivity index (χ0v) is 30.1. The Labute approximate surface area is 301 Å². The summed E-state index contributed by atoms with van der Waals surface area (Å²) >= 11 is 0. The molecule has 1 aromatic rings. The predicted octanol–water partition coefficient (Wildman–Crippen LogP) is 2.13. The Morgan fingerprint density at radius 3 is 1.35 bits per heavy atom. The van der Waals surface area contributed by atoms with Crippen LogP contribution in [0.3, 0.4) is 0 Å². The molecule has 14 nitrogen and oxygen atoms in total. The third kappa shape index (κ3) is 11.1. The summed E-state index contributed by atoms with van der Waals surface area (Å²) in [4.78, 5) is 29.8. The number of aliphatic hydroxyl groups excluding tert-OH is 6. The number of anilines is 2. The largest absolute Gasteiger partial charge is 0.388 e. The lowest BCUT2D eigenvalue weighted by atomic mass is 9.97. The van der Waals surface area contributed by atoms with Gasteiger partial charge < -0.3 is 59.4 Å². The Bertz CT molecular complexity index is 1120. The van der Waals surface area contributed by atoms with Crippen molar-refractivity contribution in [3.05, 3.63) is 24.3 Å². The summed E-state index contributed by atoms with van der Waals surface area (Å²) in [6.07, 6.45) is -2.14. The van der Waals surface area contributed by atoms with Crippen LogP contribution in [-0.2, 0) is 28.5 Å². The first-order valence-electron chi connectivity index (χ1n) is 18.9. The molecule has 10 atom stereocenters. The first-order chi connectivity index (χ1) is 24.6. The lowest BCUT2D eigenvalue weighted by Gasteiger charge is -2.42. The fourth-order valence-electron chi connectivity index (χ4n) is 7.00. The molecule has 4 rings (SSSR count). The van der Waals surface area contributed by atoms with Crippen molar-refractivity contribution in [3.8, 4) is 0 Å². The Morgan fingerprint density at radius 1 is 0.588 bits per heavy atom. The number of amides is 2. The third-order valence-electron chi connectivity index (χ3n) is 10.0. The third-order valence-corrected chi connectivity index (χ3v) is 10.0. The van der Waals surface area contributed by atoms with E-state index in [4.69, 9.17) is 18.9 Å². The standard InChI is InChI=1S/C37H60N2O12/c1-3-5-7-9-11-15-19-48-34-30(42)26(50-36(46)32(34)44)22-38-24-17-13-14-18-25(24)39(29(41)21-28(38)40)23-27-31(43)35(33(45)37(47)51-27)49-20-16-12-10-8-6-4-2/h13-14,17-18,26-27,30-37,42-47H,3-12,15-16,19-23H2,1-2H3/t26-,27-,30-,31-,32-,33-,34+,35+,36?,37?/m1/s1. The number of nitrogens with zero attached hydrogens (tertiary/aromatic N) is 2. The van der Waals surface area contributed by atoms with Crippen LogP contribution in [0.5, 0.6) is 0 Å². The highest BCUT2D eigenvalue weighted by molar-refractivity contribution is 6.15. The molecule has 2 unspecified atom stereocenters. The number of unbranched alkanes of at least 4 members (excludes halogenated alkanes) is 10. The summed E-state index contributed by atoms with van der Waals surface area (Å²) in [7, 11) is 0. The van der Waals surface area contributed by atoms with E-state index in [1.165, 1.54) is 9.80 Å². The fraction of sp³-hybridized carbons (Fsp3) is 0.784. The summed E-state index contributed by atoms with van der Waals surface area (Å²) in [6, 6.07) is 6.59. The summed E-state index contributed by atoms with van der Waals surface area (Å²) in [5.41, 5.74) is 0.604.